The molecule has 0 amide bonds. The van der Waals surface area contributed by atoms with Crippen LogP contribution in [0.4, 0.5) is 0 Å². The van der Waals surface area contributed by atoms with Gasteiger partial charge in [-0.1, -0.05) is 11.8 Å². The number of Topliss-reactive ketones (excluding diaryl/α,β-unsaturated/α-hetero) is 1. The Labute approximate surface area is 108 Å². The number of thiophene rings is 1. The number of hydrogen-bond donors (Lipinski definition) is 0. The minimum atomic E-state index is 0.155. The fourth-order valence-electron chi connectivity index (χ4n) is 1.48. The maximum Gasteiger partial charge on any atom is 0.174 e. The highest BCUT2D eigenvalue weighted by Crippen LogP contribution is 2.23. The molecule has 0 atom stereocenters. The molecule has 17 heavy (non-hydrogen) atoms. The summed E-state index contributed by atoms with van der Waals surface area (Å²) in [7, 11) is 0. The number of carbonyl (C=O) groups excluding carboxylic acids is 1. The van der Waals surface area contributed by atoms with Gasteiger partial charge >= 0.3 is 0 Å². The van der Waals surface area contributed by atoms with Gasteiger partial charge in [0.1, 0.15) is 5.03 Å². The fourth-order valence-corrected chi connectivity index (χ4v) is 3.13. The quantitative estimate of drug-likeness (QED) is 0.628. The summed E-state index contributed by atoms with van der Waals surface area (Å²) in [6.07, 6.45) is 4.93. The third kappa shape index (κ3) is 3.14. The molecule has 0 aliphatic carbocycles. The second-order valence-electron chi connectivity index (χ2n) is 3.58. The second kappa shape index (κ2) is 5.42. The van der Waals surface area contributed by atoms with E-state index in [0.717, 1.165) is 15.5 Å². The van der Waals surface area contributed by atoms with E-state index in [-0.39, 0.29) is 5.78 Å². The van der Waals surface area contributed by atoms with Crippen LogP contribution in [0, 0.1) is 13.8 Å². The molecule has 0 unspecified atom stereocenters. The van der Waals surface area contributed by atoms with Crippen LogP contribution in [0.1, 0.15) is 20.1 Å². The molecule has 2 aromatic rings. The normalized spacial score (nSPS) is 10.5. The van der Waals surface area contributed by atoms with Crippen LogP contribution in [-0.2, 0) is 0 Å². The minimum Gasteiger partial charge on any atom is -0.293 e. The zero-order valence-corrected chi connectivity index (χ0v) is 11.3. The lowest BCUT2D eigenvalue weighted by Crippen LogP contribution is -2.02. The molecular weight excluding hydrogens is 252 g/mol. The van der Waals surface area contributed by atoms with Gasteiger partial charge in [0.2, 0.25) is 0 Å². The van der Waals surface area contributed by atoms with E-state index in [9.17, 15) is 4.79 Å². The monoisotopic (exact) mass is 264 g/mol. The Hall–Kier alpha value is -1.20. The second-order valence-corrected chi connectivity index (χ2v) is 6.04. The van der Waals surface area contributed by atoms with E-state index in [0.29, 0.717) is 5.75 Å². The average molecular weight is 264 g/mol. The molecule has 0 bridgehead atoms. The molecule has 3 nitrogen and oxygen atoms in total. The van der Waals surface area contributed by atoms with Gasteiger partial charge in [0, 0.05) is 27.7 Å². The largest absolute Gasteiger partial charge is 0.293 e. The minimum absolute atomic E-state index is 0.155. The first kappa shape index (κ1) is 12.3. The van der Waals surface area contributed by atoms with Crippen LogP contribution in [0.2, 0.25) is 0 Å². The Morgan fingerprint density at radius 1 is 1.41 bits per heavy atom. The lowest BCUT2D eigenvalue weighted by molar-refractivity contribution is 0.102. The third-order valence-corrected chi connectivity index (χ3v) is 4.11. The lowest BCUT2D eigenvalue weighted by atomic mass is 10.2. The maximum absolute atomic E-state index is 12.0. The zero-order chi connectivity index (χ0) is 12.3. The molecule has 0 N–H and O–H groups in total. The molecule has 0 aliphatic heterocycles. The number of hydrogen-bond acceptors (Lipinski definition) is 5. The summed E-state index contributed by atoms with van der Waals surface area (Å²) >= 11 is 3.08. The number of ketones is 1. The van der Waals surface area contributed by atoms with Crippen molar-refractivity contribution in [2.24, 2.45) is 0 Å². The van der Waals surface area contributed by atoms with Crippen LogP contribution in [0.5, 0.6) is 0 Å². The van der Waals surface area contributed by atoms with Crippen molar-refractivity contribution in [3.8, 4) is 0 Å². The molecule has 5 heteroatoms. The Morgan fingerprint density at radius 3 is 2.82 bits per heavy atom. The van der Waals surface area contributed by atoms with Crippen molar-refractivity contribution in [2.75, 3.05) is 5.75 Å². The third-order valence-electron chi connectivity index (χ3n) is 2.23. The first-order valence-corrected chi connectivity index (χ1v) is 6.96. The molecule has 0 aliphatic rings. The highest BCUT2D eigenvalue weighted by molar-refractivity contribution is 7.99. The Bertz CT molecular complexity index is 523. The van der Waals surface area contributed by atoms with Gasteiger partial charge in [0.15, 0.2) is 5.78 Å². The number of thioether (sulfide) groups is 1. The van der Waals surface area contributed by atoms with Crippen molar-refractivity contribution >= 4 is 28.9 Å². The van der Waals surface area contributed by atoms with Crippen molar-refractivity contribution in [3.63, 3.8) is 0 Å². The highest BCUT2D eigenvalue weighted by Gasteiger charge is 2.12. The Morgan fingerprint density at radius 2 is 2.24 bits per heavy atom. The Kier molecular flexibility index (Phi) is 3.91. The number of carbonyl (C=O) groups is 1. The molecule has 2 heterocycles. The van der Waals surface area contributed by atoms with E-state index in [2.05, 4.69) is 9.97 Å². The zero-order valence-electron chi connectivity index (χ0n) is 9.64. The molecule has 2 aromatic heterocycles. The lowest BCUT2D eigenvalue weighted by Gasteiger charge is -1.99. The van der Waals surface area contributed by atoms with Crippen LogP contribution in [0.3, 0.4) is 0 Å². The molecule has 0 aromatic carbocycles. The highest BCUT2D eigenvalue weighted by atomic mass is 32.2. The molecular formula is C12H12N2OS2. The Balaban J connectivity index is 2.01. The predicted molar refractivity (Wildman–Crippen MR) is 70.9 cm³/mol. The van der Waals surface area contributed by atoms with Crippen LogP contribution < -0.4 is 0 Å². The fraction of sp³-hybridized carbons (Fsp3) is 0.250. The summed E-state index contributed by atoms with van der Waals surface area (Å²) in [5.74, 6) is 0.568. The molecule has 0 spiro atoms. The van der Waals surface area contributed by atoms with Gasteiger partial charge in [-0.3, -0.25) is 9.78 Å². The maximum atomic E-state index is 12.0. The number of rotatable bonds is 4. The van der Waals surface area contributed by atoms with Gasteiger partial charge in [-0.05, 0) is 19.9 Å². The van der Waals surface area contributed by atoms with Crippen molar-refractivity contribution < 1.29 is 4.79 Å². The van der Waals surface area contributed by atoms with E-state index in [4.69, 9.17) is 0 Å². The van der Waals surface area contributed by atoms with Gasteiger partial charge in [-0.2, -0.15) is 0 Å². The summed E-state index contributed by atoms with van der Waals surface area (Å²) in [6, 6.07) is 1.96. The van der Waals surface area contributed by atoms with Crippen molar-refractivity contribution in [2.45, 2.75) is 18.9 Å². The smallest absolute Gasteiger partial charge is 0.174 e. The average Bonchev–Trinajstić information content (AvgIpc) is 2.67. The standard InChI is InChI=1S/C12H12N2OS2/c1-8-5-10(9(2)17-8)11(15)7-16-12-6-13-3-4-14-12/h3-6H,7H2,1-2H3. The van der Waals surface area contributed by atoms with Gasteiger partial charge in [0.05, 0.1) is 11.9 Å². The molecule has 2 rings (SSSR count). The van der Waals surface area contributed by atoms with Crippen molar-refractivity contribution in [1.29, 1.82) is 0 Å². The summed E-state index contributed by atoms with van der Waals surface area (Å²) in [5, 5.41) is 0.783. The molecule has 0 saturated heterocycles. The first-order valence-electron chi connectivity index (χ1n) is 5.16. The van der Waals surface area contributed by atoms with E-state index in [1.165, 1.54) is 16.6 Å². The molecule has 0 radical (unpaired) electrons. The van der Waals surface area contributed by atoms with Gasteiger partial charge in [0.25, 0.3) is 0 Å². The van der Waals surface area contributed by atoms with E-state index in [1.54, 1.807) is 29.9 Å². The van der Waals surface area contributed by atoms with E-state index in [1.807, 2.05) is 19.9 Å². The summed E-state index contributed by atoms with van der Waals surface area (Å²) in [4.78, 5) is 22.3. The summed E-state index contributed by atoms with van der Waals surface area (Å²) in [5.41, 5.74) is 0.837. The molecule has 88 valence electrons. The number of aromatic nitrogens is 2. The molecule has 0 fully saturated rings. The SMILES string of the molecule is Cc1cc(C(=O)CSc2cnccn2)c(C)s1. The van der Waals surface area contributed by atoms with Crippen LogP contribution in [0.25, 0.3) is 0 Å². The van der Waals surface area contributed by atoms with Gasteiger partial charge in [-0.15, -0.1) is 11.3 Å². The summed E-state index contributed by atoms with van der Waals surface area (Å²) < 4.78 is 0. The number of nitrogens with zero attached hydrogens (tertiary/aromatic N) is 2. The van der Waals surface area contributed by atoms with Crippen molar-refractivity contribution in [3.05, 3.63) is 40.0 Å². The number of aryl methyl sites for hydroxylation is 2. The van der Waals surface area contributed by atoms with Crippen LogP contribution >= 0.6 is 23.1 Å². The van der Waals surface area contributed by atoms with Crippen molar-refractivity contribution in [1.82, 2.24) is 9.97 Å². The van der Waals surface area contributed by atoms with Gasteiger partial charge < -0.3 is 0 Å². The van der Waals surface area contributed by atoms with Gasteiger partial charge in [-0.25, -0.2) is 4.98 Å². The predicted octanol–water partition coefficient (Wildman–Crippen LogP) is 3.13. The summed E-state index contributed by atoms with van der Waals surface area (Å²) in [6.45, 7) is 4.00. The van der Waals surface area contributed by atoms with E-state index >= 15 is 0 Å². The topological polar surface area (TPSA) is 42.9 Å². The van der Waals surface area contributed by atoms with Crippen LogP contribution in [0.15, 0.2) is 29.7 Å². The molecule has 0 saturated carbocycles. The van der Waals surface area contributed by atoms with Crippen LogP contribution in [-0.4, -0.2) is 21.5 Å². The first-order chi connectivity index (χ1) is 8.16. The van der Waals surface area contributed by atoms with E-state index < -0.39 is 0 Å².